The molecular formula is C10H12NO3. The Morgan fingerprint density at radius 1 is 1.43 bits per heavy atom. The van der Waals surface area contributed by atoms with E-state index in [0.717, 1.165) is 0 Å². The summed E-state index contributed by atoms with van der Waals surface area (Å²) in [6.45, 7) is -0.360. The molecule has 0 unspecified atom stereocenters. The fraction of sp³-hybridized carbons (Fsp3) is 0.300. The van der Waals surface area contributed by atoms with Crippen LogP contribution in [0.3, 0.4) is 0 Å². The molecule has 0 aromatic heterocycles. The molecule has 1 aromatic carbocycles. The minimum Gasteiger partial charge on any atom is -0.497 e. The number of benzene rings is 1. The van der Waals surface area contributed by atoms with Crippen LogP contribution in [0.5, 0.6) is 5.75 Å². The lowest BCUT2D eigenvalue weighted by Crippen LogP contribution is -2.18. The Hall–Kier alpha value is -1.55. The van der Waals surface area contributed by atoms with E-state index < -0.39 is 0 Å². The summed E-state index contributed by atoms with van der Waals surface area (Å²) in [5.74, 6) is 0.301. The number of rotatable bonds is 3. The van der Waals surface area contributed by atoms with Gasteiger partial charge >= 0.3 is 0 Å². The maximum absolute atomic E-state index is 11.3. The maximum atomic E-state index is 11.3. The molecule has 1 rings (SSSR count). The smallest absolute Gasteiger partial charge is 0.251 e. The van der Waals surface area contributed by atoms with E-state index >= 15 is 0 Å². The van der Waals surface area contributed by atoms with Crippen molar-refractivity contribution in [2.45, 2.75) is 6.61 Å². The molecule has 0 saturated heterocycles. The van der Waals surface area contributed by atoms with Crippen LogP contribution >= 0.6 is 0 Å². The number of hydrogen-bond donors (Lipinski definition) is 1. The van der Waals surface area contributed by atoms with Crippen LogP contribution in [-0.2, 0) is 11.7 Å². The number of hydrogen-bond acceptors (Lipinski definition) is 2. The van der Waals surface area contributed by atoms with Gasteiger partial charge in [0.1, 0.15) is 12.4 Å². The zero-order valence-electron chi connectivity index (χ0n) is 8.16. The molecular weight excluding hydrogens is 182 g/mol. The molecule has 0 saturated carbocycles. The topological polar surface area (TPSA) is 58.2 Å². The van der Waals surface area contributed by atoms with Crippen LogP contribution in [-0.4, -0.2) is 20.1 Å². The van der Waals surface area contributed by atoms with Gasteiger partial charge in [-0.3, -0.25) is 4.79 Å². The average Bonchev–Trinajstić information content (AvgIpc) is 2.27. The Kier molecular flexibility index (Phi) is 3.48. The Labute approximate surface area is 82.5 Å². The van der Waals surface area contributed by atoms with E-state index in [0.29, 0.717) is 16.9 Å². The van der Waals surface area contributed by atoms with Crippen molar-refractivity contribution in [1.29, 1.82) is 0 Å². The Morgan fingerprint density at radius 2 is 2.14 bits per heavy atom. The molecule has 1 amide bonds. The predicted molar refractivity (Wildman–Crippen MR) is 50.8 cm³/mol. The molecule has 0 aliphatic rings. The molecule has 0 atom stereocenters. The third-order valence-electron chi connectivity index (χ3n) is 1.86. The summed E-state index contributed by atoms with van der Waals surface area (Å²) in [7, 11) is 3.04. The largest absolute Gasteiger partial charge is 0.497 e. The molecule has 0 bridgehead atoms. The Balaban J connectivity index is 3.10. The van der Waals surface area contributed by atoms with Gasteiger partial charge in [0.25, 0.3) is 5.91 Å². The quantitative estimate of drug-likeness (QED) is 0.779. The first kappa shape index (κ1) is 10.5. The number of carbonyl (C=O) groups is 1. The van der Waals surface area contributed by atoms with Crippen LogP contribution in [0.1, 0.15) is 15.9 Å². The van der Waals surface area contributed by atoms with Crippen molar-refractivity contribution >= 4 is 5.91 Å². The second-order valence-electron chi connectivity index (χ2n) is 2.79. The zero-order valence-corrected chi connectivity index (χ0v) is 8.16. The molecule has 1 N–H and O–H groups in total. The first-order valence-corrected chi connectivity index (χ1v) is 4.19. The SMILES string of the molecule is CNC(=O)c1cc(C[O])cc(OC)c1. The van der Waals surface area contributed by atoms with Crippen molar-refractivity contribution in [3.63, 3.8) is 0 Å². The highest BCUT2D eigenvalue weighted by Gasteiger charge is 2.07. The molecule has 1 radical (unpaired) electrons. The number of ether oxygens (including phenoxy) is 1. The third kappa shape index (κ3) is 2.23. The van der Waals surface area contributed by atoms with Crippen molar-refractivity contribution < 1.29 is 14.6 Å². The van der Waals surface area contributed by atoms with Crippen LogP contribution in [0.2, 0.25) is 0 Å². The second kappa shape index (κ2) is 4.62. The van der Waals surface area contributed by atoms with Crippen molar-refractivity contribution in [1.82, 2.24) is 5.32 Å². The number of amides is 1. The summed E-state index contributed by atoms with van der Waals surface area (Å²) in [5, 5.41) is 13.2. The van der Waals surface area contributed by atoms with Crippen LogP contribution in [0, 0.1) is 0 Å². The molecule has 0 fully saturated rings. The highest BCUT2D eigenvalue weighted by atomic mass is 16.5. The second-order valence-corrected chi connectivity index (χ2v) is 2.79. The minimum atomic E-state index is -0.360. The molecule has 4 nitrogen and oxygen atoms in total. The molecule has 4 heteroatoms. The minimum absolute atomic E-state index is 0.224. The first-order chi connectivity index (χ1) is 6.71. The van der Waals surface area contributed by atoms with Gasteiger partial charge in [0, 0.05) is 12.6 Å². The van der Waals surface area contributed by atoms with Crippen molar-refractivity contribution in [2.75, 3.05) is 14.2 Å². The fourth-order valence-corrected chi connectivity index (χ4v) is 1.14. The monoisotopic (exact) mass is 194 g/mol. The van der Waals surface area contributed by atoms with Crippen LogP contribution in [0.4, 0.5) is 0 Å². The normalized spacial score (nSPS) is 9.64. The Bertz CT molecular complexity index is 314. The third-order valence-corrected chi connectivity index (χ3v) is 1.86. The summed E-state index contributed by atoms with van der Waals surface area (Å²) in [5.41, 5.74) is 0.987. The lowest BCUT2D eigenvalue weighted by Gasteiger charge is -2.05. The lowest BCUT2D eigenvalue weighted by atomic mass is 10.1. The number of carbonyl (C=O) groups excluding carboxylic acids is 1. The van der Waals surface area contributed by atoms with Crippen molar-refractivity contribution in [3.05, 3.63) is 29.3 Å². The van der Waals surface area contributed by atoms with Gasteiger partial charge in [0.2, 0.25) is 0 Å². The van der Waals surface area contributed by atoms with Gasteiger partial charge < -0.3 is 10.1 Å². The van der Waals surface area contributed by atoms with E-state index in [1.54, 1.807) is 25.2 Å². The van der Waals surface area contributed by atoms with Crippen molar-refractivity contribution in [2.24, 2.45) is 0 Å². The van der Waals surface area contributed by atoms with Gasteiger partial charge in [-0.05, 0) is 23.8 Å². The van der Waals surface area contributed by atoms with Crippen molar-refractivity contribution in [3.8, 4) is 5.75 Å². The first-order valence-electron chi connectivity index (χ1n) is 4.19. The average molecular weight is 194 g/mol. The van der Waals surface area contributed by atoms with Crippen LogP contribution in [0.15, 0.2) is 18.2 Å². The van der Waals surface area contributed by atoms with E-state index in [9.17, 15) is 9.90 Å². The van der Waals surface area contributed by atoms with Crippen LogP contribution in [0.25, 0.3) is 0 Å². The molecule has 0 heterocycles. The van der Waals surface area contributed by atoms with Gasteiger partial charge in [-0.25, -0.2) is 5.11 Å². The van der Waals surface area contributed by atoms with Gasteiger partial charge in [0.15, 0.2) is 0 Å². The lowest BCUT2D eigenvalue weighted by molar-refractivity contribution is 0.0962. The molecule has 0 spiro atoms. The van der Waals surface area contributed by atoms with Gasteiger partial charge in [-0.1, -0.05) is 0 Å². The molecule has 75 valence electrons. The van der Waals surface area contributed by atoms with Gasteiger partial charge in [-0.2, -0.15) is 0 Å². The van der Waals surface area contributed by atoms with Crippen LogP contribution < -0.4 is 10.1 Å². The van der Waals surface area contributed by atoms with E-state index in [2.05, 4.69) is 5.32 Å². The molecule has 14 heavy (non-hydrogen) atoms. The van der Waals surface area contributed by atoms with E-state index in [1.807, 2.05) is 0 Å². The highest BCUT2D eigenvalue weighted by Crippen LogP contribution is 2.17. The van der Waals surface area contributed by atoms with Gasteiger partial charge in [-0.15, -0.1) is 0 Å². The van der Waals surface area contributed by atoms with E-state index in [4.69, 9.17) is 4.74 Å². The van der Waals surface area contributed by atoms with Gasteiger partial charge in [0.05, 0.1) is 7.11 Å². The fourth-order valence-electron chi connectivity index (χ4n) is 1.14. The van der Waals surface area contributed by atoms with E-state index in [1.165, 1.54) is 7.11 Å². The summed E-state index contributed by atoms with van der Waals surface area (Å²) < 4.78 is 4.97. The Morgan fingerprint density at radius 3 is 2.64 bits per heavy atom. The maximum Gasteiger partial charge on any atom is 0.251 e. The standard InChI is InChI=1S/C10H12NO3/c1-11-10(13)8-3-7(6-12)4-9(5-8)14-2/h3-5H,6H2,1-2H3,(H,11,13). The number of methoxy groups -OCH3 is 1. The number of nitrogens with one attached hydrogen (secondary N) is 1. The van der Waals surface area contributed by atoms with E-state index in [-0.39, 0.29) is 12.5 Å². The zero-order chi connectivity index (χ0) is 10.6. The molecule has 1 aromatic rings. The highest BCUT2D eigenvalue weighted by molar-refractivity contribution is 5.94. The summed E-state index contributed by atoms with van der Waals surface area (Å²) in [6, 6.07) is 4.78. The summed E-state index contributed by atoms with van der Waals surface area (Å²) in [6.07, 6.45) is 0. The summed E-state index contributed by atoms with van der Waals surface area (Å²) >= 11 is 0. The summed E-state index contributed by atoms with van der Waals surface area (Å²) in [4.78, 5) is 11.3. The molecule has 0 aliphatic heterocycles. The molecule has 0 aliphatic carbocycles. The predicted octanol–water partition coefficient (Wildman–Crippen LogP) is 0.985.